The van der Waals surface area contributed by atoms with Crippen molar-refractivity contribution in [3.63, 3.8) is 0 Å². The largest absolute Gasteiger partial charge is 0.351 e. The zero-order chi connectivity index (χ0) is 14.5. The van der Waals surface area contributed by atoms with E-state index in [0.29, 0.717) is 12.3 Å². The van der Waals surface area contributed by atoms with Gasteiger partial charge < -0.3 is 9.84 Å². The van der Waals surface area contributed by atoms with Crippen molar-refractivity contribution in [2.45, 2.75) is 6.42 Å². The van der Waals surface area contributed by atoms with E-state index in [4.69, 9.17) is 16.1 Å². The van der Waals surface area contributed by atoms with Crippen LogP contribution in [0.3, 0.4) is 0 Å². The van der Waals surface area contributed by atoms with Gasteiger partial charge in [0.25, 0.3) is 11.6 Å². The van der Waals surface area contributed by atoms with Gasteiger partial charge in [0, 0.05) is 24.1 Å². The van der Waals surface area contributed by atoms with E-state index in [0.717, 1.165) is 0 Å². The van der Waals surface area contributed by atoms with Crippen LogP contribution in [0.2, 0.25) is 5.02 Å². The maximum absolute atomic E-state index is 11.9. The summed E-state index contributed by atoms with van der Waals surface area (Å²) in [6.07, 6.45) is 1.58. The molecule has 2 rings (SSSR count). The van der Waals surface area contributed by atoms with Gasteiger partial charge in [-0.15, -0.1) is 0 Å². The first-order valence-electron chi connectivity index (χ1n) is 5.55. The molecule has 0 fully saturated rings. The molecule has 1 N–H and O–H groups in total. The second-order valence-corrected chi connectivity index (χ2v) is 4.20. The second kappa shape index (κ2) is 6.11. The quantitative estimate of drug-likeness (QED) is 0.662. The lowest BCUT2D eigenvalue weighted by Crippen LogP contribution is -2.26. The summed E-state index contributed by atoms with van der Waals surface area (Å²) in [4.78, 5) is 25.9. The number of nitro benzene ring substituents is 1. The van der Waals surface area contributed by atoms with Gasteiger partial charge in [-0.25, -0.2) is 0 Å². The van der Waals surface area contributed by atoms with Crippen molar-refractivity contribution in [1.82, 2.24) is 15.5 Å². The SMILES string of the molecule is O=C(NCCc1ncno1)c1cc(Cl)ccc1[N+](=O)[O-]. The molecule has 1 aromatic heterocycles. The summed E-state index contributed by atoms with van der Waals surface area (Å²) < 4.78 is 4.76. The standard InChI is InChI=1S/C11H9ClN4O4/c12-7-1-2-9(16(18)19)8(5-7)11(17)13-4-3-10-14-6-15-20-10/h1-2,5-6H,3-4H2,(H,13,17). The van der Waals surface area contributed by atoms with E-state index in [1.54, 1.807) is 0 Å². The van der Waals surface area contributed by atoms with Crippen molar-refractivity contribution in [3.05, 3.63) is 51.1 Å². The summed E-state index contributed by atoms with van der Waals surface area (Å²) in [5.74, 6) is -0.218. The van der Waals surface area contributed by atoms with Crippen LogP contribution in [-0.4, -0.2) is 27.5 Å². The smallest absolute Gasteiger partial charge is 0.282 e. The lowest BCUT2D eigenvalue weighted by Gasteiger charge is -2.05. The average Bonchev–Trinajstić information content (AvgIpc) is 2.91. The van der Waals surface area contributed by atoms with Crippen molar-refractivity contribution < 1.29 is 14.2 Å². The van der Waals surface area contributed by atoms with E-state index in [-0.39, 0.29) is 22.8 Å². The number of benzene rings is 1. The molecule has 2 aromatic rings. The number of hydrogen-bond donors (Lipinski definition) is 1. The van der Waals surface area contributed by atoms with Crippen molar-refractivity contribution in [2.24, 2.45) is 0 Å². The Morgan fingerprint density at radius 3 is 2.95 bits per heavy atom. The summed E-state index contributed by atoms with van der Waals surface area (Å²) in [6, 6.07) is 3.80. The number of carbonyl (C=O) groups excluding carboxylic acids is 1. The van der Waals surface area contributed by atoms with E-state index in [1.807, 2.05) is 0 Å². The van der Waals surface area contributed by atoms with Crippen LogP contribution >= 0.6 is 11.6 Å². The number of halogens is 1. The Hall–Kier alpha value is -2.48. The molecule has 0 atom stereocenters. The predicted molar refractivity (Wildman–Crippen MR) is 68.4 cm³/mol. The van der Waals surface area contributed by atoms with Crippen LogP contribution in [0.25, 0.3) is 0 Å². The molecule has 1 heterocycles. The van der Waals surface area contributed by atoms with E-state index in [9.17, 15) is 14.9 Å². The van der Waals surface area contributed by atoms with E-state index < -0.39 is 10.8 Å². The molecule has 0 radical (unpaired) electrons. The Morgan fingerprint density at radius 1 is 1.50 bits per heavy atom. The highest BCUT2D eigenvalue weighted by Crippen LogP contribution is 2.22. The van der Waals surface area contributed by atoms with Crippen LogP contribution in [0, 0.1) is 10.1 Å². The van der Waals surface area contributed by atoms with Crippen LogP contribution in [-0.2, 0) is 6.42 Å². The van der Waals surface area contributed by atoms with Gasteiger partial charge in [-0.1, -0.05) is 16.8 Å². The zero-order valence-corrected chi connectivity index (χ0v) is 10.8. The molecule has 0 unspecified atom stereocenters. The highest BCUT2D eigenvalue weighted by atomic mass is 35.5. The van der Waals surface area contributed by atoms with Crippen molar-refractivity contribution in [3.8, 4) is 0 Å². The lowest BCUT2D eigenvalue weighted by atomic mass is 10.1. The third-order valence-electron chi connectivity index (χ3n) is 2.43. The number of rotatable bonds is 5. The van der Waals surface area contributed by atoms with E-state index >= 15 is 0 Å². The predicted octanol–water partition coefficient (Wildman–Crippen LogP) is 1.60. The number of nitrogens with one attached hydrogen (secondary N) is 1. The summed E-state index contributed by atoms with van der Waals surface area (Å²) in [5, 5.41) is 17.0. The molecule has 8 nitrogen and oxygen atoms in total. The fraction of sp³-hybridized carbons (Fsp3) is 0.182. The highest BCUT2D eigenvalue weighted by molar-refractivity contribution is 6.31. The molecule has 0 aliphatic heterocycles. The molecule has 0 bridgehead atoms. The molecule has 0 spiro atoms. The van der Waals surface area contributed by atoms with Gasteiger partial charge in [0.2, 0.25) is 5.89 Å². The molecule has 0 saturated carbocycles. The Kier molecular flexibility index (Phi) is 4.26. The molecule has 104 valence electrons. The van der Waals surface area contributed by atoms with Gasteiger partial charge in [0.1, 0.15) is 5.56 Å². The van der Waals surface area contributed by atoms with Gasteiger partial charge in [-0.3, -0.25) is 14.9 Å². The summed E-state index contributed by atoms with van der Waals surface area (Å²) in [7, 11) is 0. The van der Waals surface area contributed by atoms with Crippen molar-refractivity contribution in [1.29, 1.82) is 0 Å². The highest BCUT2D eigenvalue weighted by Gasteiger charge is 2.20. The van der Waals surface area contributed by atoms with Crippen LogP contribution < -0.4 is 5.32 Å². The monoisotopic (exact) mass is 296 g/mol. The Morgan fingerprint density at radius 2 is 2.30 bits per heavy atom. The van der Waals surface area contributed by atoms with E-state index in [1.165, 1.54) is 24.5 Å². The molecule has 0 saturated heterocycles. The Bertz CT molecular complexity index is 629. The Labute approximate surface area is 117 Å². The molecule has 20 heavy (non-hydrogen) atoms. The number of hydrogen-bond acceptors (Lipinski definition) is 6. The maximum atomic E-state index is 11.9. The fourth-order valence-electron chi connectivity index (χ4n) is 1.53. The molecule has 9 heteroatoms. The fourth-order valence-corrected chi connectivity index (χ4v) is 1.71. The summed E-state index contributed by atoms with van der Waals surface area (Å²) in [5.41, 5.74) is -0.391. The van der Waals surface area contributed by atoms with Crippen molar-refractivity contribution >= 4 is 23.2 Å². The van der Waals surface area contributed by atoms with Crippen LogP contribution in [0.15, 0.2) is 29.0 Å². The van der Waals surface area contributed by atoms with Gasteiger partial charge in [-0.2, -0.15) is 4.98 Å². The van der Waals surface area contributed by atoms with Crippen LogP contribution in [0.5, 0.6) is 0 Å². The second-order valence-electron chi connectivity index (χ2n) is 3.76. The number of nitro groups is 1. The van der Waals surface area contributed by atoms with Crippen LogP contribution in [0.4, 0.5) is 5.69 Å². The van der Waals surface area contributed by atoms with Gasteiger partial charge in [0.15, 0.2) is 6.33 Å². The minimum absolute atomic E-state index is 0.0898. The Balaban J connectivity index is 2.05. The first kappa shape index (κ1) is 13.9. The molecule has 0 aliphatic rings. The van der Waals surface area contributed by atoms with Crippen molar-refractivity contribution in [2.75, 3.05) is 6.54 Å². The van der Waals surface area contributed by atoms with Gasteiger partial charge >= 0.3 is 0 Å². The normalized spacial score (nSPS) is 10.2. The summed E-state index contributed by atoms with van der Waals surface area (Å²) in [6.45, 7) is 0.213. The first-order chi connectivity index (χ1) is 9.58. The van der Waals surface area contributed by atoms with Crippen LogP contribution in [0.1, 0.15) is 16.2 Å². The van der Waals surface area contributed by atoms with Gasteiger partial charge in [0.05, 0.1) is 4.92 Å². The molecule has 1 amide bonds. The molecular weight excluding hydrogens is 288 g/mol. The molecule has 0 aliphatic carbocycles. The van der Waals surface area contributed by atoms with E-state index in [2.05, 4.69) is 15.5 Å². The lowest BCUT2D eigenvalue weighted by molar-refractivity contribution is -0.385. The van der Waals surface area contributed by atoms with Gasteiger partial charge in [-0.05, 0) is 12.1 Å². The number of nitrogens with zero attached hydrogens (tertiary/aromatic N) is 3. The third-order valence-corrected chi connectivity index (χ3v) is 2.67. The topological polar surface area (TPSA) is 111 Å². The minimum atomic E-state index is -0.636. The average molecular weight is 297 g/mol. The number of aromatic nitrogens is 2. The number of carbonyl (C=O) groups is 1. The first-order valence-corrected chi connectivity index (χ1v) is 5.93. The maximum Gasteiger partial charge on any atom is 0.282 e. The molecular formula is C11H9ClN4O4. The number of amides is 1. The summed E-state index contributed by atoms with van der Waals surface area (Å²) >= 11 is 5.74. The minimum Gasteiger partial charge on any atom is -0.351 e. The zero-order valence-electron chi connectivity index (χ0n) is 10.1. The molecule has 1 aromatic carbocycles. The third kappa shape index (κ3) is 3.29.